The van der Waals surface area contributed by atoms with E-state index in [1.165, 1.54) is 12.1 Å². The average Bonchev–Trinajstić information content (AvgIpc) is 2.71. The summed E-state index contributed by atoms with van der Waals surface area (Å²) in [4.78, 5) is 12.4. The van der Waals surface area contributed by atoms with Gasteiger partial charge in [-0.1, -0.05) is 43.3 Å². The van der Waals surface area contributed by atoms with Crippen LogP contribution in [0.1, 0.15) is 30.0 Å². The van der Waals surface area contributed by atoms with Crippen LogP contribution in [0.5, 0.6) is 0 Å². The molecule has 0 aromatic heterocycles. The molecule has 0 unspecified atom stereocenters. The Morgan fingerprint density at radius 1 is 1.14 bits per heavy atom. The van der Waals surface area contributed by atoms with Gasteiger partial charge in [-0.3, -0.25) is 4.79 Å². The maximum absolute atomic E-state index is 13.0. The van der Waals surface area contributed by atoms with Gasteiger partial charge in [0.15, 0.2) is 5.76 Å². The Bertz CT molecular complexity index is 817. The summed E-state index contributed by atoms with van der Waals surface area (Å²) in [5.74, 6) is -0.256. The first-order chi connectivity index (χ1) is 13.5. The molecule has 0 saturated carbocycles. The fourth-order valence-corrected chi connectivity index (χ4v) is 2.89. The molecule has 148 valence electrons. The fraction of sp³-hybridized carbons (Fsp3) is 0.318. The second kappa shape index (κ2) is 9.48. The van der Waals surface area contributed by atoms with Gasteiger partial charge < -0.3 is 19.9 Å². The van der Waals surface area contributed by atoms with Crippen molar-refractivity contribution in [3.63, 3.8) is 0 Å². The lowest BCUT2D eigenvalue weighted by Crippen LogP contribution is -2.32. The monoisotopic (exact) mass is 385 g/mol. The molecule has 1 aliphatic heterocycles. The van der Waals surface area contributed by atoms with E-state index in [0.717, 1.165) is 16.7 Å². The Kier molecular flexibility index (Phi) is 6.79. The van der Waals surface area contributed by atoms with E-state index in [4.69, 9.17) is 14.6 Å². The predicted molar refractivity (Wildman–Crippen MR) is 102 cm³/mol. The molecule has 28 heavy (non-hydrogen) atoms. The van der Waals surface area contributed by atoms with E-state index in [9.17, 15) is 9.18 Å². The number of allylic oxidation sites excluding steroid dienone is 1. The van der Waals surface area contributed by atoms with Gasteiger partial charge in [0, 0.05) is 13.0 Å². The first-order valence-corrected chi connectivity index (χ1v) is 9.25. The Balaban J connectivity index is 1.52. The van der Waals surface area contributed by atoms with Crippen molar-refractivity contribution in [1.29, 1.82) is 0 Å². The Morgan fingerprint density at radius 3 is 2.46 bits per heavy atom. The van der Waals surface area contributed by atoms with E-state index in [1.807, 2.05) is 31.2 Å². The molecule has 0 aliphatic carbocycles. The number of halogens is 1. The van der Waals surface area contributed by atoms with E-state index in [0.29, 0.717) is 13.0 Å². The molecule has 0 spiro atoms. The third-order valence-corrected chi connectivity index (χ3v) is 4.49. The maximum atomic E-state index is 13.0. The van der Waals surface area contributed by atoms with Crippen molar-refractivity contribution in [2.24, 2.45) is 5.92 Å². The summed E-state index contributed by atoms with van der Waals surface area (Å²) in [5.41, 5.74) is 2.61. The van der Waals surface area contributed by atoms with Crippen LogP contribution in [0.3, 0.4) is 0 Å². The molecule has 1 aliphatic rings. The van der Waals surface area contributed by atoms with Crippen LogP contribution < -0.4 is 5.32 Å². The number of aliphatic hydroxyl groups is 1. The Labute approximate surface area is 163 Å². The summed E-state index contributed by atoms with van der Waals surface area (Å²) in [6.45, 7) is 2.65. The van der Waals surface area contributed by atoms with E-state index in [2.05, 4.69) is 5.32 Å². The van der Waals surface area contributed by atoms with Crippen molar-refractivity contribution in [1.82, 2.24) is 5.32 Å². The minimum absolute atomic E-state index is 0.00553. The highest BCUT2D eigenvalue weighted by atomic mass is 19.1. The standard InChI is InChI=1S/C22H24FNO4/c1-15-10-20(22(26)24-12-16-6-8-19(23)9-7-16)28-21(11-15)27-14-18-4-2-17(13-25)3-5-18/h2-10,15,21,25H,11-14H2,1H3,(H,24,26)/t15-,21+/m1/s1. The highest BCUT2D eigenvalue weighted by Gasteiger charge is 2.25. The topological polar surface area (TPSA) is 67.8 Å². The molecule has 1 amide bonds. The number of hydrogen-bond acceptors (Lipinski definition) is 4. The number of carbonyl (C=O) groups is 1. The molecule has 0 bridgehead atoms. The van der Waals surface area contributed by atoms with Crippen molar-refractivity contribution in [2.75, 3.05) is 0 Å². The molecule has 0 radical (unpaired) electrons. The highest BCUT2D eigenvalue weighted by Crippen LogP contribution is 2.24. The van der Waals surface area contributed by atoms with Crippen LogP contribution >= 0.6 is 0 Å². The summed E-state index contributed by atoms with van der Waals surface area (Å²) in [6, 6.07) is 13.4. The molecule has 0 fully saturated rings. The largest absolute Gasteiger partial charge is 0.459 e. The van der Waals surface area contributed by atoms with Gasteiger partial charge in [0.2, 0.25) is 6.29 Å². The van der Waals surface area contributed by atoms with Crippen molar-refractivity contribution in [3.05, 3.63) is 82.9 Å². The van der Waals surface area contributed by atoms with Gasteiger partial charge in [-0.05, 0) is 40.8 Å². The number of carbonyl (C=O) groups excluding carboxylic acids is 1. The van der Waals surface area contributed by atoms with E-state index < -0.39 is 6.29 Å². The summed E-state index contributed by atoms with van der Waals surface area (Å²) in [6.07, 6.45) is 1.93. The molecule has 1 heterocycles. The summed E-state index contributed by atoms with van der Waals surface area (Å²) >= 11 is 0. The van der Waals surface area contributed by atoms with Gasteiger partial charge in [-0.15, -0.1) is 0 Å². The van der Waals surface area contributed by atoms with Crippen LogP contribution in [0.25, 0.3) is 0 Å². The fourth-order valence-electron chi connectivity index (χ4n) is 2.89. The van der Waals surface area contributed by atoms with Gasteiger partial charge in [0.1, 0.15) is 5.82 Å². The second-order valence-electron chi connectivity index (χ2n) is 6.89. The Morgan fingerprint density at radius 2 is 1.79 bits per heavy atom. The van der Waals surface area contributed by atoms with Crippen molar-refractivity contribution in [3.8, 4) is 0 Å². The molecular formula is C22H24FNO4. The lowest BCUT2D eigenvalue weighted by molar-refractivity contribution is -0.152. The molecule has 5 nitrogen and oxygen atoms in total. The van der Waals surface area contributed by atoms with Crippen LogP contribution in [0, 0.1) is 11.7 Å². The summed E-state index contributed by atoms with van der Waals surface area (Å²) in [5, 5.41) is 11.9. The minimum Gasteiger partial charge on any atom is -0.459 e. The number of benzene rings is 2. The first kappa shape index (κ1) is 20.0. The van der Waals surface area contributed by atoms with E-state index >= 15 is 0 Å². The predicted octanol–water partition coefficient (Wildman–Crippen LogP) is 3.42. The highest BCUT2D eigenvalue weighted by molar-refractivity contribution is 5.91. The van der Waals surface area contributed by atoms with Gasteiger partial charge in [-0.25, -0.2) is 4.39 Å². The summed E-state index contributed by atoms with van der Waals surface area (Å²) < 4.78 is 24.5. The maximum Gasteiger partial charge on any atom is 0.286 e. The molecule has 2 aromatic carbocycles. The number of hydrogen-bond donors (Lipinski definition) is 2. The number of nitrogens with one attached hydrogen (secondary N) is 1. The van der Waals surface area contributed by atoms with Crippen LogP contribution in [0.15, 0.2) is 60.4 Å². The van der Waals surface area contributed by atoms with Gasteiger partial charge >= 0.3 is 0 Å². The number of amides is 1. The third-order valence-electron chi connectivity index (χ3n) is 4.49. The zero-order chi connectivity index (χ0) is 19.9. The zero-order valence-corrected chi connectivity index (χ0v) is 15.7. The molecule has 2 aromatic rings. The molecule has 0 saturated heterocycles. The molecule has 2 atom stereocenters. The average molecular weight is 385 g/mol. The van der Waals surface area contributed by atoms with Gasteiger partial charge in [0.25, 0.3) is 5.91 Å². The third kappa shape index (κ3) is 5.65. The van der Waals surface area contributed by atoms with Crippen LogP contribution in [-0.2, 0) is 34.0 Å². The second-order valence-corrected chi connectivity index (χ2v) is 6.89. The summed E-state index contributed by atoms with van der Waals surface area (Å²) in [7, 11) is 0. The Hall–Kier alpha value is -2.70. The lowest BCUT2D eigenvalue weighted by Gasteiger charge is -2.27. The molecule has 6 heteroatoms. The minimum atomic E-state index is -0.510. The smallest absolute Gasteiger partial charge is 0.286 e. The molecule has 3 rings (SSSR count). The number of aliphatic hydroxyl groups excluding tert-OH is 1. The zero-order valence-electron chi connectivity index (χ0n) is 15.7. The SMILES string of the molecule is C[C@@H]1C=C(C(=O)NCc2ccc(F)cc2)O[C@H](OCc2ccc(CO)cc2)C1. The van der Waals surface area contributed by atoms with E-state index in [-0.39, 0.29) is 36.6 Å². The van der Waals surface area contributed by atoms with Crippen molar-refractivity contribution >= 4 is 5.91 Å². The van der Waals surface area contributed by atoms with Crippen LogP contribution in [0.4, 0.5) is 4.39 Å². The van der Waals surface area contributed by atoms with Crippen molar-refractivity contribution in [2.45, 2.75) is 39.4 Å². The van der Waals surface area contributed by atoms with Gasteiger partial charge in [0.05, 0.1) is 13.2 Å². The normalized spacial score (nSPS) is 18.9. The van der Waals surface area contributed by atoms with E-state index in [1.54, 1.807) is 18.2 Å². The first-order valence-electron chi connectivity index (χ1n) is 9.25. The number of ether oxygens (including phenoxy) is 2. The number of rotatable bonds is 7. The molecular weight excluding hydrogens is 361 g/mol. The van der Waals surface area contributed by atoms with Crippen molar-refractivity contribution < 1.29 is 23.8 Å². The van der Waals surface area contributed by atoms with Gasteiger partial charge in [-0.2, -0.15) is 0 Å². The van der Waals surface area contributed by atoms with Crippen LogP contribution in [-0.4, -0.2) is 17.3 Å². The molecule has 2 N–H and O–H groups in total. The van der Waals surface area contributed by atoms with Crippen LogP contribution in [0.2, 0.25) is 0 Å². The quantitative estimate of drug-likeness (QED) is 0.766. The lowest BCUT2D eigenvalue weighted by atomic mass is 10.0.